The first kappa shape index (κ1) is 14.5. The lowest BCUT2D eigenvalue weighted by atomic mass is 10.1. The second-order valence-electron chi connectivity index (χ2n) is 4.94. The number of amides is 1. The van der Waals surface area contributed by atoms with Crippen LogP contribution < -0.4 is 4.90 Å². The molecule has 1 aromatic heterocycles. The smallest absolute Gasteiger partial charge is 0.401 e. The molecule has 0 unspecified atom stereocenters. The molecule has 0 fully saturated rings. The lowest BCUT2D eigenvalue weighted by Crippen LogP contribution is -2.29. The summed E-state index contributed by atoms with van der Waals surface area (Å²) in [7, 11) is 0. The van der Waals surface area contributed by atoms with Gasteiger partial charge in [-0.2, -0.15) is 5.26 Å². The Morgan fingerprint density at radius 2 is 2.13 bits per heavy atom. The van der Waals surface area contributed by atoms with Gasteiger partial charge in [-0.05, 0) is 24.1 Å². The van der Waals surface area contributed by atoms with Gasteiger partial charge in [0.2, 0.25) is 0 Å². The number of nitriles is 1. The molecule has 3 rings (SSSR count). The van der Waals surface area contributed by atoms with Gasteiger partial charge in [-0.15, -0.1) is 0 Å². The van der Waals surface area contributed by atoms with Crippen LogP contribution in [0.2, 0.25) is 0 Å². The van der Waals surface area contributed by atoms with E-state index in [0.29, 0.717) is 6.54 Å². The van der Waals surface area contributed by atoms with Crippen molar-refractivity contribution in [2.45, 2.75) is 6.42 Å². The van der Waals surface area contributed by atoms with Gasteiger partial charge in [0, 0.05) is 18.3 Å². The maximum absolute atomic E-state index is 12.5. The number of rotatable bonds is 3. The summed E-state index contributed by atoms with van der Waals surface area (Å²) < 4.78 is 4.96. The zero-order chi connectivity index (χ0) is 16.4. The van der Waals surface area contributed by atoms with E-state index < -0.39 is 16.7 Å². The highest BCUT2D eigenvalue weighted by Gasteiger charge is 2.27. The van der Waals surface area contributed by atoms with Crippen LogP contribution in [0.4, 0.5) is 11.6 Å². The van der Waals surface area contributed by atoms with Gasteiger partial charge >= 0.3 is 5.88 Å². The molecule has 2 heterocycles. The summed E-state index contributed by atoms with van der Waals surface area (Å²) in [5, 5.41) is 19.8. The van der Waals surface area contributed by atoms with Crippen molar-refractivity contribution < 1.29 is 14.1 Å². The van der Waals surface area contributed by atoms with Gasteiger partial charge in [0.1, 0.15) is 22.3 Å². The van der Waals surface area contributed by atoms with E-state index >= 15 is 0 Å². The SMILES string of the molecule is N#C/C(=C\c1ccc([N+](=O)[O-])o1)C(=O)N1CCc2ccccc21. The number of furan rings is 1. The molecule has 0 saturated heterocycles. The van der Waals surface area contributed by atoms with Crippen molar-refractivity contribution in [2.75, 3.05) is 11.4 Å². The molecule has 1 aliphatic heterocycles. The van der Waals surface area contributed by atoms with E-state index in [9.17, 15) is 20.2 Å². The van der Waals surface area contributed by atoms with Crippen LogP contribution in [-0.4, -0.2) is 17.4 Å². The molecule has 0 N–H and O–H groups in total. The fourth-order valence-electron chi connectivity index (χ4n) is 2.50. The molecule has 23 heavy (non-hydrogen) atoms. The molecule has 1 aromatic carbocycles. The second kappa shape index (κ2) is 5.77. The highest BCUT2D eigenvalue weighted by atomic mass is 16.6. The summed E-state index contributed by atoms with van der Waals surface area (Å²) in [6.45, 7) is 0.496. The molecule has 0 bridgehead atoms. The number of carbonyl (C=O) groups is 1. The Balaban J connectivity index is 1.89. The topological polar surface area (TPSA) is 100 Å². The number of hydrogen-bond donors (Lipinski definition) is 0. The zero-order valence-corrected chi connectivity index (χ0v) is 11.9. The van der Waals surface area contributed by atoms with Crippen LogP contribution in [0.15, 0.2) is 46.4 Å². The molecule has 7 heteroatoms. The van der Waals surface area contributed by atoms with Gasteiger partial charge in [0.25, 0.3) is 5.91 Å². The first-order valence-electron chi connectivity index (χ1n) is 6.86. The Hall–Kier alpha value is -3.40. The first-order valence-corrected chi connectivity index (χ1v) is 6.86. The highest BCUT2D eigenvalue weighted by Crippen LogP contribution is 2.29. The molecule has 7 nitrogen and oxygen atoms in total. The molecular weight excluding hydrogens is 298 g/mol. The fourth-order valence-corrected chi connectivity index (χ4v) is 2.50. The van der Waals surface area contributed by atoms with E-state index in [2.05, 4.69) is 0 Å². The van der Waals surface area contributed by atoms with Crippen molar-refractivity contribution in [2.24, 2.45) is 0 Å². The van der Waals surface area contributed by atoms with Gasteiger partial charge in [-0.1, -0.05) is 18.2 Å². The van der Waals surface area contributed by atoms with Crippen LogP contribution in [0.25, 0.3) is 6.08 Å². The van der Waals surface area contributed by atoms with E-state index in [1.807, 2.05) is 30.3 Å². The number of hydrogen-bond acceptors (Lipinski definition) is 5. The summed E-state index contributed by atoms with van der Waals surface area (Å²) >= 11 is 0. The maximum atomic E-state index is 12.5. The lowest BCUT2D eigenvalue weighted by Gasteiger charge is -2.16. The molecule has 1 amide bonds. The van der Waals surface area contributed by atoms with Crippen LogP contribution in [0.3, 0.4) is 0 Å². The van der Waals surface area contributed by atoms with E-state index in [0.717, 1.165) is 17.7 Å². The normalized spacial score (nSPS) is 13.5. The molecule has 0 aliphatic carbocycles. The quantitative estimate of drug-likeness (QED) is 0.375. The van der Waals surface area contributed by atoms with Crippen LogP contribution in [-0.2, 0) is 11.2 Å². The van der Waals surface area contributed by atoms with E-state index in [4.69, 9.17) is 4.42 Å². The Labute approximate surface area is 131 Å². The fraction of sp³-hybridized carbons (Fsp3) is 0.125. The third-order valence-electron chi connectivity index (χ3n) is 3.56. The van der Waals surface area contributed by atoms with E-state index in [1.54, 1.807) is 0 Å². The number of carbonyl (C=O) groups excluding carboxylic acids is 1. The molecule has 0 saturated carbocycles. The molecule has 0 radical (unpaired) electrons. The van der Waals surface area contributed by atoms with Gasteiger partial charge in [0.05, 0.1) is 6.07 Å². The monoisotopic (exact) mass is 309 g/mol. The molecular formula is C16H11N3O4. The number of para-hydroxylation sites is 1. The second-order valence-corrected chi connectivity index (χ2v) is 4.94. The van der Waals surface area contributed by atoms with E-state index in [1.165, 1.54) is 23.1 Å². The third-order valence-corrected chi connectivity index (χ3v) is 3.56. The van der Waals surface area contributed by atoms with E-state index in [-0.39, 0.29) is 11.3 Å². The zero-order valence-electron chi connectivity index (χ0n) is 11.9. The Kier molecular flexibility index (Phi) is 3.65. The summed E-state index contributed by atoms with van der Waals surface area (Å²) in [4.78, 5) is 24.0. The van der Waals surface area contributed by atoms with Gasteiger partial charge in [-0.25, -0.2) is 0 Å². The van der Waals surface area contributed by atoms with Crippen molar-refractivity contribution in [1.29, 1.82) is 5.26 Å². The molecule has 2 aromatic rings. The molecule has 0 atom stereocenters. The largest absolute Gasteiger partial charge is 0.433 e. The Morgan fingerprint density at radius 1 is 1.35 bits per heavy atom. The van der Waals surface area contributed by atoms with Crippen LogP contribution in [0.1, 0.15) is 11.3 Å². The number of benzene rings is 1. The van der Waals surface area contributed by atoms with Gasteiger partial charge in [0.15, 0.2) is 0 Å². The standard InChI is InChI=1S/C16H11N3O4/c17-10-12(9-13-5-6-15(23-13)19(21)22)16(20)18-8-7-11-3-1-2-4-14(11)18/h1-6,9H,7-8H2/b12-9+. The molecule has 114 valence electrons. The highest BCUT2D eigenvalue weighted by molar-refractivity contribution is 6.11. The summed E-state index contributed by atoms with van der Waals surface area (Å²) in [6.07, 6.45) is 1.95. The predicted molar refractivity (Wildman–Crippen MR) is 81.5 cm³/mol. The van der Waals surface area contributed by atoms with Crippen molar-refractivity contribution in [1.82, 2.24) is 0 Å². The van der Waals surface area contributed by atoms with Crippen molar-refractivity contribution in [3.05, 3.63) is 63.4 Å². The van der Waals surface area contributed by atoms with Crippen molar-refractivity contribution in [3.8, 4) is 6.07 Å². The van der Waals surface area contributed by atoms with Crippen molar-refractivity contribution in [3.63, 3.8) is 0 Å². The summed E-state index contributed by atoms with van der Waals surface area (Å²) in [5.41, 5.74) is 1.70. The number of nitro groups is 1. The molecule has 1 aliphatic rings. The first-order chi connectivity index (χ1) is 11.1. The minimum atomic E-state index is -0.679. The number of fused-ring (bicyclic) bond motifs is 1. The number of anilines is 1. The Morgan fingerprint density at radius 3 is 2.83 bits per heavy atom. The van der Waals surface area contributed by atoms with Crippen LogP contribution in [0.5, 0.6) is 0 Å². The Bertz CT molecular complexity index is 860. The minimum Gasteiger partial charge on any atom is -0.401 e. The van der Waals surface area contributed by atoms with Gasteiger partial charge < -0.3 is 9.32 Å². The third kappa shape index (κ3) is 2.70. The minimum absolute atomic E-state index is 0.0917. The maximum Gasteiger partial charge on any atom is 0.433 e. The molecule has 0 spiro atoms. The summed E-state index contributed by atoms with van der Waals surface area (Å²) in [6, 6.07) is 11.9. The van der Waals surface area contributed by atoms with Crippen molar-refractivity contribution >= 4 is 23.6 Å². The van der Waals surface area contributed by atoms with Gasteiger partial charge in [-0.3, -0.25) is 14.9 Å². The number of nitrogens with zero attached hydrogens (tertiary/aromatic N) is 3. The average Bonchev–Trinajstić information content (AvgIpc) is 3.19. The predicted octanol–water partition coefficient (Wildman–Crippen LogP) is 2.68. The van der Waals surface area contributed by atoms with Crippen LogP contribution in [0, 0.1) is 21.4 Å². The van der Waals surface area contributed by atoms with Crippen LogP contribution >= 0.6 is 0 Å². The summed E-state index contributed by atoms with van der Waals surface area (Å²) in [5.74, 6) is -0.793. The lowest BCUT2D eigenvalue weighted by molar-refractivity contribution is -0.402. The average molecular weight is 309 g/mol.